The maximum absolute atomic E-state index is 8.93. The van der Waals surface area contributed by atoms with Gasteiger partial charge in [0.05, 0.1) is 6.61 Å². The highest BCUT2D eigenvalue weighted by Crippen LogP contribution is 2.50. The third-order valence-electron chi connectivity index (χ3n) is 3.64. The Bertz CT molecular complexity index is 342. The molecule has 0 aromatic heterocycles. The highest BCUT2D eigenvalue weighted by atomic mass is 16.3. The van der Waals surface area contributed by atoms with Crippen LogP contribution >= 0.6 is 0 Å². The van der Waals surface area contributed by atoms with Gasteiger partial charge in [-0.3, -0.25) is 0 Å². The second kappa shape index (κ2) is 4.56. The average Bonchev–Trinajstić information content (AvgIpc) is 2.87. The van der Waals surface area contributed by atoms with Crippen molar-refractivity contribution in [2.24, 2.45) is 11.3 Å². The Morgan fingerprint density at radius 3 is 2.31 bits per heavy atom. The molecule has 1 unspecified atom stereocenters. The number of aliphatic hydroxyl groups is 1. The van der Waals surface area contributed by atoms with Gasteiger partial charge in [-0.05, 0) is 35.4 Å². The summed E-state index contributed by atoms with van der Waals surface area (Å²) < 4.78 is 0. The van der Waals surface area contributed by atoms with E-state index in [-0.39, 0.29) is 6.61 Å². The van der Waals surface area contributed by atoms with Crippen molar-refractivity contribution >= 4 is 0 Å². The van der Waals surface area contributed by atoms with Gasteiger partial charge in [-0.15, -0.1) is 0 Å². The highest BCUT2D eigenvalue weighted by Gasteiger charge is 2.44. The zero-order chi connectivity index (χ0) is 11.6. The second-order valence-electron chi connectivity index (χ2n) is 5.50. The smallest absolute Gasteiger partial charge is 0.0681 e. The third kappa shape index (κ3) is 2.83. The van der Waals surface area contributed by atoms with Gasteiger partial charge in [-0.2, -0.15) is 0 Å². The summed E-state index contributed by atoms with van der Waals surface area (Å²) in [5.74, 6) is 0.851. The summed E-state index contributed by atoms with van der Waals surface area (Å²) in [6.07, 6.45) is 1.35. The Balaban J connectivity index is 1.73. The number of benzene rings is 1. The first kappa shape index (κ1) is 11.6. The van der Waals surface area contributed by atoms with Gasteiger partial charge in [0.15, 0.2) is 0 Å². The summed E-state index contributed by atoms with van der Waals surface area (Å²) in [6.45, 7) is 6.84. The molecule has 0 aliphatic heterocycles. The first-order valence-electron chi connectivity index (χ1n) is 6.01. The monoisotopic (exact) mass is 219 g/mol. The van der Waals surface area contributed by atoms with E-state index in [9.17, 15) is 0 Å². The standard InChI is InChI=1S/C14H21NO/c1-14(2)7-13(14)9-15-8-11-3-5-12(10-16)6-4-11/h3-6,13,15-16H,7-10H2,1-2H3. The van der Waals surface area contributed by atoms with Crippen LogP contribution in [-0.2, 0) is 13.2 Å². The van der Waals surface area contributed by atoms with Crippen LogP contribution in [-0.4, -0.2) is 11.7 Å². The van der Waals surface area contributed by atoms with Crippen molar-refractivity contribution in [2.75, 3.05) is 6.54 Å². The zero-order valence-corrected chi connectivity index (χ0v) is 10.2. The predicted octanol–water partition coefficient (Wildman–Crippen LogP) is 2.31. The van der Waals surface area contributed by atoms with Gasteiger partial charge in [0.2, 0.25) is 0 Å². The Morgan fingerprint density at radius 1 is 1.25 bits per heavy atom. The molecule has 1 fully saturated rings. The molecule has 1 aromatic carbocycles. The van der Waals surface area contributed by atoms with Gasteiger partial charge in [0.25, 0.3) is 0 Å². The minimum Gasteiger partial charge on any atom is -0.392 e. The van der Waals surface area contributed by atoms with Gasteiger partial charge in [-0.1, -0.05) is 38.1 Å². The molecule has 2 N–H and O–H groups in total. The molecule has 2 rings (SSSR count). The van der Waals surface area contributed by atoms with Crippen LogP contribution in [0.3, 0.4) is 0 Å². The van der Waals surface area contributed by atoms with E-state index in [1.807, 2.05) is 12.1 Å². The first-order chi connectivity index (χ1) is 7.62. The van der Waals surface area contributed by atoms with E-state index in [4.69, 9.17) is 5.11 Å². The van der Waals surface area contributed by atoms with E-state index in [0.29, 0.717) is 5.41 Å². The summed E-state index contributed by atoms with van der Waals surface area (Å²) in [5, 5.41) is 12.4. The highest BCUT2D eigenvalue weighted by molar-refractivity contribution is 5.21. The van der Waals surface area contributed by atoms with Gasteiger partial charge < -0.3 is 10.4 Å². The molecule has 0 saturated heterocycles. The van der Waals surface area contributed by atoms with Crippen LogP contribution in [0.15, 0.2) is 24.3 Å². The predicted molar refractivity (Wildman–Crippen MR) is 66.0 cm³/mol. The summed E-state index contributed by atoms with van der Waals surface area (Å²) >= 11 is 0. The molecule has 0 heterocycles. The molecule has 0 bridgehead atoms. The lowest BCUT2D eigenvalue weighted by Gasteiger charge is -2.06. The molecule has 16 heavy (non-hydrogen) atoms. The molecule has 1 atom stereocenters. The molecule has 0 radical (unpaired) electrons. The fourth-order valence-electron chi connectivity index (χ4n) is 2.08. The van der Waals surface area contributed by atoms with Crippen molar-refractivity contribution in [2.45, 2.75) is 33.4 Å². The van der Waals surface area contributed by atoms with Crippen molar-refractivity contribution in [3.63, 3.8) is 0 Å². The number of hydrogen-bond donors (Lipinski definition) is 2. The number of aliphatic hydroxyl groups excluding tert-OH is 1. The molecular weight excluding hydrogens is 198 g/mol. The second-order valence-corrected chi connectivity index (χ2v) is 5.50. The van der Waals surface area contributed by atoms with Crippen LogP contribution in [0.5, 0.6) is 0 Å². The quantitative estimate of drug-likeness (QED) is 0.796. The van der Waals surface area contributed by atoms with Crippen molar-refractivity contribution in [3.8, 4) is 0 Å². The SMILES string of the molecule is CC1(C)CC1CNCc1ccc(CO)cc1. The molecule has 1 aliphatic carbocycles. The molecule has 0 amide bonds. The Hall–Kier alpha value is -0.860. The largest absolute Gasteiger partial charge is 0.392 e. The first-order valence-corrected chi connectivity index (χ1v) is 6.01. The van der Waals surface area contributed by atoms with Crippen LogP contribution in [0.1, 0.15) is 31.4 Å². The zero-order valence-electron chi connectivity index (χ0n) is 10.2. The summed E-state index contributed by atoms with van der Waals surface area (Å²) in [5.41, 5.74) is 2.83. The van der Waals surface area contributed by atoms with Crippen molar-refractivity contribution in [1.29, 1.82) is 0 Å². The number of hydrogen-bond acceptors (Lipinski definition) is 2. The number of rotatable bonds is 5. The van der Waals surface area contributed by atoms with Crippen molar-refractivity contribution in [1.82, 2.24) is 5.32 Å². The molecule has 88 valence electrons. The maximum atomic E-state index is 8.93. The summed E-state index contributed by atoms with van der Waals surface area (Å²) in [7, 11) is 0. The maximum Gasteiger partial charge on any atom is 0.0681 e. The third-order valence-corrected chi connectivity index (χ3v) is 3.64. The van der Waals surface area contributed by atoms with Crippen LogP contribution in [0.4, 0.5) is 0 Å². The summed E-state index contributed by atoms with van der Waals surface area (Å²) in [6, 6.07) is 8.13. The van der Waals surface area contributed by atoms with E-state index < -0.39 is 0 Å². The molecule has 0 spiro atoms. The summed E-state index contributed by atoms with van der Waals surface area (Å²) in [4.78, 5) is 0. The van der Waals surface area contributed by atoms with E-state index in [1.165, 1.54) is 12.0 Å². The molecule has 2 nitrogen and oxygen atoms in total. The minimum atomic E-state index is 0.129. The lowest BCUT2D eigenvalue weighted by Crippen LogP contribution is -2.18. The fraction of sp³-hybridized carbons (Fsp3) is 0.571. The van der Waals surface area contributed by atoms with Crippen molar-refractivity contribution < 1.29 is 5.11 Å². The van der Waals surface area contributed by atoms with Gasteiger partial charge in [-0.25, -0.2) is 0 Å². The normalized spacial score (nSPS) is 22.1. The van der Waals surface area contributed by atoms with Crippen LogP contribution in [0.25, 0.3) is 0 Å². The van der Waals surface area contributed by atoms with Gasteiger partial charge in [0.1, 0.15) is 0 Å². The topological polar surface area (TPSA) is 32.3 Å². The molecule has 1 saturated carbocycles. The molecular formula is C14H21NO. The van der Waals surface area contributed by atoms with Crippen LogP contribution < -0.4 is 5.32 Å². The Kier molecular flexibility index (Phi) is 3.31. The van der Waals surface area contributed by atoms with Crippen molar-refractivity contribution in [3.05, 3.63) is 35.4 Å². The average molecular weight is 219 g/mol. The Labute approximate surface area is 97.7 Å². The molecule has 1 aliphatic rings. The molecule has 1 aromatic rings. The van der Waals surface area contributed by atoms with Crippen LogP contribution in [0.2, 0.25) is 0 Å². The number of nitrogens with one attached hydrogen (secondary N) is 1. The van der Waals surface area contributed by atoms with E-state index >= 15 is 0 Å². The van der Waals surface area contributed by atoms with Gasteiger partial charge >= 0.3 is 0 Å². The minimum absolute atomic E-state index is 0.129. The molecule has 2 heteroatoms. The van der Waals surface area contributed by atoms with Crippen LogP contribution in [0, 0.1) is 11.3 Å². The lowest BCUT2D eigenvalue weighted by molar-refractivity contribution is 0.282. The van der Waals surface area contributed by atoms with E-state index in [0.717, 1.165) is 24.6 Å². The lowest BCUT2D eigenvalue weighted by atomic mass is 10.1. The van der Waals surface area contributed by atoms with E-state index in [2.05, 4.69) is 31.3 Å². The Morgan fingerprint density at radius 2 is 1.81 bits per heavy atom. The van der Waals surface area contributed by atoms with Gasteiger partial charge in [0, 0.05) is 6.54 Å². The van der Waals surface area contributed by atoms with E-state index in [1.54, 1.807) is 0 Å². The fourth-order valence-corrected chi connectivity index (χ4v) is 2.08.